The van der Waals surface area contributed by atoms with Gasteiger partial charge in [0.1, 0.15) is 5.69 Å². The van der Waals surface area contributed by atoms with E-state index in [4.69, 9.17) is 0 Å². The maximum atomic E-state index is 13.1. The number of carbonyl (C=O) groups excluding carboxylic acids is 2. The number of aryl methyl sites for hydroxylation is 2. The van der Waals surface area contributed by atoms with Gasteiger partial charge in [0, 0.05) is 32.3 Å². The van der Waals surface area contributed by atoms with Crippen molar-refractivity contribution < 1.29 is 22.8 Å². The second-order valence-electron chi connectivity index (χ2n) is 6.60. The quantitative estimate of drug-likeness (QED) is 0.885. The minimum absolute atomic E-state index is 0.0330. The zero-order valence-corrected chi connectivity index (χ0v) is 14.9. The molecule has 1 aromatic carbocycles. The van der Waals surface area contributed by atoms with Gasteiger partial charge in [-0.3, -0.25) is 14.3 Å². The highest BCUT2D eigenvalue weighted by Crippen LogP contribution is 2.32. The molecule has 27 heavy (non-hydrogen) atoms. The van der Waals surface area contributed by atoms with Crippen LogP contribution in [-0.2, 0) is 24.6 Å². The lowest BCUT2D eigenvalue weighted by molar-refractivity contribution is -0.139. The Morgan fingerprint density at radius 2 is 2.04 bits per heavy atom. The highest BCUT2D eigenvalue weighted by molar-refractivity contribution is 5.93. The fourth-order valence-corrected chi connectivity index (χ4v) is 3.09. The summed E-state index contributed by atoms with van der Waals surface area (Å²) in [6.07, 6.45) is -4.43. The molecule has 1 saturated heterocycles. The van der Waals surface area contributed by atoms with Crippen LogP contribution < -0.4 is 5.32 Å². The Morgan fingerprint density at radius 3 is 2.67 bits per heavy atom. The molecule has 2 heterocycles. The molecule has 0 aliphatic carbocycles. The van der Waals surface area contributed by atoms with Crippen LogP contribution in [0, 0.1) is 6.92 Å². The second-order valence-corrected chi connectivity index (χ2v) is 6.60. The van der Waals surface area contributed by atoms with Crippen LogP contribution >= 0.6 is 0 Å². The van der Waals surface area contributed by atoms with E-state index in [2.05, 4.69) is 10.4 Å². The molecule has 0 saturated carbocycles. The lowest BCUT2D eigenvalue weighted by Gasteiger charge is -2.20. The van der Waals surface area contributed by atoms with Crippen molar-refractivity contribution in [3.63, 3.8) is 0 Å². The second kappa shape index (κ2) is 7.05. The van der Waals surface area contributed by atoms with E-state index in [1.54, 1.807) is 17.8 Å². The lowest BCUT2D eigenvalue weighted by atomic mass is 10.1. The van der Waals surface area contributed by atoms with Crippen molar-refractivity contribution in [1.82, 2.24) is 20.0 Å². The summed E-state index contributed by atoms with van der Waals surface area (Å²) in [5.41, 5.74) is 0.330. The zero-order valence-electron chi connectivity index (χ0n) is 14.9. The molecule has 2 amide bonds. The van der Waals surface area contributed by atoms with E-state index < -0.39 is 23.7 Å². The molecule has 0 unspecified atom stereocenters. The number of nitrogens with zero attached hydrogens (tertiary/aromatic N) is 3. The number of alkyl halides is 3. The molecule has 1 atom stereocenters. The Labute approximate surface area is 154 Å². The number of carbonyl (C=O) groups is 2. The minimum Gasteiger partial charge on any atom is -0.346 e. The fraction of sp³-hybridized carbons (Fsp3) is 0.389. The summed E-state index contributed by atoms with van der Waals surface area (Å²) in [7, 11) is 1.71. The third-order valence-corrected chi connectivity index (χ3v) is 4.58. The molecule has 1 aliphatic heterocycles. The van der Waals surface area contributed by atoms with E-state index in [9.17, 15) is 22.8 Å². The van der Waals surface area contributed by atoms with E-state index in [0.29, 0.717) is 0 Å². The van der Waals surface area contributed by atoms with Crippen LogP contribution in [0.25, 0.3) is 0 Å². The highest BCUT2D eigenvalue weighted by Gasteiger charge is 2.36. The van der Waals surface area contributed by atoms with Crippen LogP contribution in [0.2, 0.25) is 0 Å². The van der Waals surface area contributed by atoms with Crippen LogP contribution in [-0.4, -0.2) is 39.1 Å². The van der Waals surface area contributed by atoms with Gasteiger partial charge in [0.05, 0.1) is 11.6 Å². The average Bonchev–Trinajstić information content (AvgIpc) is 3.09. The van der Waals surface area contributed by atoms with Gasteiger partial charge in [-0.2, -0.15) is 18.3 Å². The largest absolute Gasteiger partial charge is 0.416 e. The van der Waals surface area contributed by atoms with E-state index in [1.807, 2.05) is 6.92 Å². The monoisotopic (exact) mass is 380 g/mol. The minimum atomic E-state index is -4.48. The topological polar surface area (TPSA) is 67.2 Å². The molecule has 144 valence electrons. The average molecular weight is 380 g/mol. The predicted octanol–water partition coefficient (Wildman–Crippen LogP) is 2.28. The summed E-state index contributed by atoms with van der Waals surface area (Å²) in [5, 5.41) is 6.80. The smallest absolute Gasteiger partial charge is 0.346 e. The van der Waals surface area contributed by atoms with Crippen molar-refractivity contribution in [2.75, 3.05) is 6.54 Å². The van der Waals surface area contributed by atoms with Gasteiger partial charge >= 0.3 is 6.18 Å². The Bertz CT molecular complexity index is 856. The first kappa shape index (κ1) is 18.9. The highest BCUT2D eigenvalue weighted by atomic mass is 19.4. The molecular formula is C18H19F3N4O2. The van der Waals surface area contributed by atoms with Gasteiger partial charge in [0.25, 0.3) is 5.91 Å². The van der Waals surface area contributed by atoms with Gasteiger partial charge in [-0.05, 0) is 24.6 Å². The standard InChI is InChI=1S/C18H19F3N4O2/c1-11-7-15(23-24(11)2)17(27)22-13-8-16(26)25(10-13)9-12-5-3-4-6-14(12)18(19,20)21/h3-7,13H,8-10H2,1-2H3,(H,22,27)/t13-/m1/s1. The third-order valence-electron chi connectivity index (χ3n) is 4.58. The number of nitrogens with one attached hydrogen (secondary N) is 1. The molecule has 0 spiro atoms. The molecule has 0 radical (unpaired) electrons. The van der Waals surface area contributed by atoms with Gasteiger partial charge in [0.2, 0.25) is 5.91 Å². The normalized spacial score (nSPS) is 17.4. The summed E-state index contributed by atoms with van der Waals surface area (Å²) in [4.78, 5) is 25.8. The van der Waals surface area contributed by atoms with Crippen molar-refractivity contribution in [2.24, 2.45) is 7.05 Å². The number of hydrogen-bond donors (Lipinski definition) is 1. The van der Waals surface area contributed by atoms with Crippen LogP contribution in [0.15, 0.2) is 30.3 Å². The van der Waals surface area contributed by atoms with E-state index in [1.165, 1.54) is 23.1 Å². The predicted molar refractivity (Wildman–Crippen MR) is 90.7 cm³/mol. The Kier molecular flexibility index (Phi) is 4.95. The van der Waals surface area contributed by atoms with E-state index in [0.717, 1.165) is 11.8 Å². The van der Waals surface area contributed by atoms with Gasteiger partial charge in [-0.1, -0.05) is 18.2 Å². The molecule has 1 aliphatic rings. The van der Waals surface area contributed by atoms with Gasteiger partial charge in [0.15, 0.2) is 0 Å². The van der Waals surface area contributed by atoms with Gasteiger partial charge < -0.3 is 10.2 Å². The van der Waals surface area contributed by atoms with Crippen molar-refractivity contribution in [1.29, 1.82) is 0 Å². The molecule has 1 N–H and O–H groups in total. The fourth-order valence-electron chi connectivity index (χ4n) is 3.09. The number of halogens is 3. The molecule has 1 aromatic heterocycles. The zero-order chi connectivity index (χ0) is 19.8. The van der Waals surface area contributed by atoms with Crippen LogP contribution in [0.1, 0.15) is 33.7 Å². The number of amides is 2. The molecule has 9 heteroatoms. The number of hydrogen-bond acceptors (Lipinski definition) is 3. The molecule has 6 nitrogen and oxygen atoms in total. The maximum Gasteiger partial charge on any atom is 0.416 e. The van der Waals surface area contributed by atoms with Gasteiger partial charge in [-0.25, -0.2) is 0 Å². The molecule has 1 fully saturated rings. The molecular weight excluding hydrogens is 361 g/mol. The molecule has 2 aromatic rings. The summed E-state index contributed by atoms with van der Waals surface area (Å²) < 4.78 is 40.9. The van der Waals surface area contributed by atoms with Crippen molar-refractivity contribution in [3.05, 3.63) is 52.8 Å². The summed E-state index contributed by atoms with van der Waals surface area (Å²) in [6.45, 7) is 1.81. The third kappa shape index (κ3) is 4.12. The Hall–Kier alpha value is -2.84. The summed E-state index contributed by atoms with van der Waals surface area (Å²) >= 11 is 0. The molecule has 0 bridgehead atoms. The first-order valence-electron chi connectivity index (χ1n) is 8.39. The SMILES string of the molecule is Cc1cc(C(=O)N[C@@H]2CC(=O)N(Cc3ccccc3C(F)(F)F)C2)nn1C. The van der Waals surface area contributed by atoms with E-state index in [-0.39, 0.29) is 36.7 Å². The van der Waals surface area contributed by atoms with Gasteiger partial charge in [-0.15, -0.1) is 0 Å². The summed E-state index contributed by atoms with van der Waals surface area (Å²) in [5.74, 6) is -0.705. The van der Waals surface area contributed by atoms with E-state index >= 15 is 0 Å². The van der Waals surface area contributed by atoms with Crippen molar-refractivity contribution in [2.45, 2.75) is 32.1 Å². The van der Waals surface area contributed by atoms with Crippen LogP contribution in [0.3, 0.4) is 0 Å². The Balaban J connectivity index is 1.67. The first-order chi connectivity index (χ1) is 12.6. The number of likely N-dealkylation sites (tertiary alicyclic amines) is 1. The number of aromatic nitrogens is 2. The number of benzene rings is 1. The summed E-state index contributed by atoms with van der Waals surface area (Å²) in [6, 6.07) is 6.34. The van der Waals surface area contributed by atoms with Crippen LogP contribution in [0.4, 0.5) is 13.2 Å². The molecule has 3 rings (SSSR count). The number of rotatable bonds is 4. The Morgan fingerprint density at radius 1 is 1.33 bits per heavy atom. The lowest BCUT2D eigenvalue weighted by Crippen LogP contribution is -2.37. The van der Waals surface area contributed by atoms with Crippen molar-refractivity contribution >= 4 is 11.8 Å². The van der Waals surface area contributed by atoms with Crippen molar-refractivity contribution in [3.8, 4) is 0 Å². The van der Waals surface area contributed by atoms with Crippen LogP contribution in [0.5, 0.6) is 0 Å². The first-order valence-corrected chi connectivity index (χ1v) is 8.39. The maximum absolute atomic E-state index is 13.1.